The molecule has 1 atom stereocenters. The van der Waals surface area contributed by atoms with Crippen molar-refractivity contribution < 1.29 is 13.2 Å². The maximum atomic E-state index is 13.7. The van der Waals surface area contributed by atoms with Crippen LogP contribution in [0.15, 0.2) is 42.5 Å². The van der Waals surface area contributed by atoms with Crippen molar-refractivity contribution >= 4 is 5.69 Å². The number of nitrogens with one attached hydrogen (secondary N) is 1. The Bertz CT molecular complexity index is 569. The van der Waals surface area contributed by atoms with Crippen molar-refractivity contribution in [2.24, 2.45) is 0 Å². The third kappa shape index (κ3) is 3.08. The Kier molecular flexibility index (Phi) is 4.10. The number of hydrogen-bond donors (Lipinski definition) is 1. The lowest BCUT2D eigenvalue weighted by atomic mass is 10.0. The van der Waals surface area contributed by atoms with E-state index in [1.54, 1.807) is 18.2 Å². The second-order valence-corrected chi connectivity index (χ2v) is 4.25. The summed E-state index contributed by atoms with van der Waals surface area (Å²) in [5, 5.41) is 2.90. The molecule has 2 aromatic rings. The molecule has 0 aliphatic rings. The van der Waals surface area contributed by atoms with Gasteiger partial charge in [0.15, 0.2) is 0 Å². The van der Waals surface area contributed by atoms with Crippen molar-refractivity contribution in [3.8, 4) is 0 Å². The molecule has 4 heteroatoms. The summed E-state index contributed by atoms with van der Waals surface area (Å²) in [5.74, 6) is -1.67. The van der Waals surface area contributed by atoms with E-state index >= 15 is 0 Å². The van der Waals surface area contributed by atoms with Crippen molar-refractivity contribution in [1.29, 1.82) is 0 Å². The zero-order valence-electron chi connectivity index (χ0n) is 10.5. The first-order chi connectivity index (χ1) is 9.11. The number of halogens is 3. The zero-order chi connectivity index (χ0) is 13.8. The molecule has 100 valence electrons. The Morgan fingerprint density at radius 2 is 1.74 bits per heavy atom. The molecular formula is C15H14F3N. The van der Waals surface area contributed by atoms with E-state index in [0.717, 1.165) is 6.07 Å². The maximum absolute atomic E-state index is 13.7. The van der Waals surface area contributed by atoms with Crippen LogP contribution in [-0.4, -0.2) is 0 Å². The second kappa shape index (κ2) is 5.78. The fraction of sp³-hybridized carbons (Fsp3) is 0.200. The number of anilines is 1. The number of hydrogen-bond acceptors (Lipinski definition) is 1. The first-order valence-corrected chi connectivity index (χ1v) is 6.08. The minimum Gasteiger partial charge on any atom is -0.376 e. The second-order valence-electron chi connectivity index (χ2n) is 4.25. The predicted molar refractivity (Wildman–Crippen MR) is 69.4 cm³/mol. The average molecular weight is 265 g/mol. The topological polar surface area (TPSA) is 12.0 Å². The third-order valence-corrected chi connectivity index (χ3v) is 2.95. The maximum Gasteiger partial charge on any atom is 0.149 e. The van der Waals surface area contributed by atoms with Crippen LogP contribution in [0.3, 0.4) is 0 Å². The molecule has 0 aromatic heterocycles. The average Bonchev–Trinajstić information content (AvgIpc) is 2.39. The van der Waals surface area contributed by atoms with Crippen LogP contribution >= 0.6 is 0 Å². The van der Waals surface area contributed by atoms with Crippen LogP contribution in [0.2, 0.25) is 0 Å². The van der Waals surface area contributed by atoms with Crippen molar-refractivity contribution in [2.75, 3.05) is 5.32 Å². The van der Waals surface area contributed by atoms with Crippen LogP contribution in [0, 0.1) is 17.5 Å². The van der Waals surface area contributed by atoms with E-state index in [1.807, 2.05) is 6.92 Å². The smallest absolute Gasteiger partial charge is 0.149 e. The quantitative estimate of drug-likeness (QED) is 0.847. The number of rotatable bonds is 4. The lowest BCUT2D eigenvalue weighted by Crippen LogP contribution is -2.12. The van der Waals surface area contributed by atoms with Gasteiger partial charge in [-0.2, -0.15) is 0 Å². The summed E-state index contributed by atoms with van der Waals surface area (Å²) in [6, 6.07) is 9.26. The summed E-state index contributed by atoms with van der Waals surface area (Å²) in [5.41, 5.74) is 0.630. The van der Waals surface area contributed by atoms with Crippen LogP contribution < -0.4 is 5.32 Å². The van der Waals surface area contributed by atoms with Crippen LogP contribution in [0.1, 0.15) is 24.9 Å². The van der Waals surface area contributed by atoms with Crippen LogP contribution in [0.5, 0.6) is 0 Å². The molecule has 0 radical (unpaired) electrons. The van der Waals surface area contributed by atoms with Crippen LogP contribution in [0.25, 0.3) is 0 Å². The lowest BCUT2D eigenvalue weighted by Gasteiger charge is -2.19. The molecule has 19 heavy (non-hydrogen) atoms. The molecular weight excluding hydrogens is 251 g/mol. The highest BCUT2D eigenvalue weighted by molar-refractivity contribution is 5.47. The van der Waals surface area contributed by atoms with E-state index < -0.39 is 11.6 Å². The molecule has 0 heterocycles. The first kappa shape index (κ1) is 13.5. The molecule has 0 amide bonds. The highest BCUT2D eigenvalue weighted by Crippen LogP contribution is 2.26. The van der Waals surface area contributed by atoms with Crippen LogP contribution in [-0.2, 0) is 0 Å². The Labute approximate surface area is 110 Å². The molecule has 0 aliphatic heterocycles. The van der Waals surface area contributed by atoms with Gasteiger partial charge in [-0.1, -0.05) is 25.1 Å². The molecule has 0 saturated carbocycles. The molecule has 0 spiro atoms. The fourth-order valence-corrected chi connectivity index (χ4v) is 1.95. The van der Waals surface area contributed by atoms with E-state index in [9.17, 15) is 13.2 Å². The van der Waals surface area contributed by atoms with Gasteiger partial charge in [0.05, 0.1) is 11.7 Å². The highest BCUT2D eigenvalue weighted by atomic mass is 19.1. The molecule has 0 fully saturated rings. The Morgan fingerprint density at radius 3 is 2.37 bits per heavy atom. The van der Waals surface area contributed by atoms with Gasteiger partial charge in [0, 0.05) is 11.6 Å². The van der Waals surface area contributed by atoms with Gasteiger partial charge in [-0.3, -0.25) is 0 Å². The molecule has 1 nitrogen and oxygen atoms in total. The predicted octanol–water partition coefficient (Wildman–Crippen LogP) is 4.67. The molecule has 1 N–H and O–H groups in total. The number of benzene rings is 2. The van der Waals surface area contributed by atoms with Crippen molar-refractivity contribution in [3.05, 3.63) is 65.5 Å². The van der Waals surface area contributed by atoms with E-state index in [4.69, 9.17) is 0 Å². The SMILES string of the molecule is CCC(Nc1ccc(F)cc1F)c1ccccc1F. The van der Waals surface area contributed by atoms with E-state index in [0.29, 0.717) is 12.0 Å². The van der Waals surface area contributed by atoms with Gasteiger partial charge < -0.3 is 5.32 Å². The van der Waals surface area contributed by atoms with Crippen molar-refractivity contribution in [2.45, 2.75) is 19.4 Å². The summed E-state index contributed by atoms with van der Waals surface area (Å²) >= 11 is 0. The zero-order valence-corrected chi connectivity index (χ0v) is 10.5. The molecule has 2 rings (SSSR count). The van der Waals surface area contributed by atoms with Gasteiger partial charge in [0.25, 0.3) is 0 Å². The molecule has 0 aliphatic carbocycles. The van der Waals surface area contributed by atoms with Gasteiger partial charge >= 0.3 is 0 Å². The Balaban J connectivity index is 2.27. The molecule has 2 aromatic carbocycles. The van der Waals surface area contributed by atoms with E-state index in [-0.39, 0.29) is 17.5 Å². The van der Waals surface area contributed by atoms with Crippen molar-refractivity contribution in [1.82, 2.24) is 0 Å². The normalized spacial score (nSPS) is 12.2. The van der Waals surface area contributed by atoms with Gasteiger partial charge in [0.1, 0.15) is 17.5 Å². The van der Waals surface area contributed by atoms with Crippen molar-refractivity contribution in [3.63, 3.8) is 0 Å². The summed E-state index contributed by atoms with van der Waals surface area (Å²) in [7, 11) is 0. The summed E-state index contributed by atoms with van der Waals surface area (Å²) in [4.78, 5) is 0. The lowest BCUT2D eigenvalue weighted by molar-refractivity contribution is 0.573. The molecule has 1 unspecified atom stereocenters. The minimum absolute atomic E-state index is 0.163. The monoisotopic (exact) mass is 265 g/mol. The molecule has 0 saturated heterocycles. The minimum atomic E-state index is -0.685. The fourth-order valence-electron chi connectivity index (χ4n) is 1.95. The molecule has 0 bridgehead atoms. The summed E-state index contributed by atoms with van der Waals surface area (Å²) in [6.07, 6.45) is 0.581. The standard InChI is InChI=1S/C15H14F3N/c1-2-14(11-5-3-4-6-12(11)17)19-15-8-7-10(16)9-13(15)18/h3-9,14,19H,2H2,1H3. The Hall–Kier alpha value is -1.97. The van der Waals surface area contributed by atoms with Gasteiger partial charge in [-0.05, 0) is 24.6 Å². The third-order valence-electron chi connectivity index (χ3n) is 2.95. The Morgan fingerprint density at radius 1 is 1.00 bits per heavy atom. The van der Waals surface area contributed by atoms with E-state index in [1.165, 1.54) is 18.2 Å². The summed E-state index contributed by atoms with van der Waals surface area (Å²) in [6.45, 7) is 1.87. The van der Waals surface area contributed by atoms with Gasteiger partial charge in [0.2, 0.25) is 0 Å². The highest BCUT2D eigenvalue weighted by Gasteiger charge is 2.15. The summed E-state index contributed by atoms with van der Waals surface area (Å²) < 4.78 is 40.1. The van der Waals surface area contributed by atoms with Crippen LogP contribution in [0.4, 0.5) is 18.9 Å². The van der Waals surface area contributed by atoms with Gasteiger partial charge in [-0.25, -0.2) is 13.2 Å². The largest absolute Gasteiger partial charge is 0.376 e. The first-order valence-electron chi connectivity index (χ1n) is 6.08. The van der Waals surface area contributed by atoms with E-state index in [2.05, 4.69) is 5.32 Å². The van der Waals surface area contributed by atoms with Gasteiger partial charge in [-0.15, -0.1) is 0 Å².